The zero-order valence-electron chi connectivity index (χ0n) is 16.7. The molecule has 2 aromatic rings. The Kier molecular flexibility index (Phi) is 5.31. The van der Waals surface area contributed by atoms with Crippen molar-refractivity contribution in [3.05, 3.63) is 39.6 Å². The van der Waals surface area contributed by atoms with Gasteiger partial charge in [0.2, 0.25) is 5.91 Å². The molecule has 156 valence electrons. The summed E-state index contributed by atoms with van der Waals surface area (Å²) in [7, 11) is 3.27. The molecule has 4 rings (SSSR count). The van der Waals surface area contributed by atoms with Crippen LogP contribution in [0, 0.1) is 0 Å². The molecule has 0 radical (unpaired) electrons. The number of hydrogen-bond acceptors (Lipinski definition) is 6. The molecule has 2 aliphatic rings. The molecule has 1 spiro atoms. The second-order valence-corrected chi connectivity index (χ2v) is 7.46. The molecule has 0 unspecified atom stereocenters. The van der Waals surface area contributed by atoms with E-state index in [-0.39, 0.29) is 11.6 Å². The maximum Gasteiger partial charge on any atom is 0.340 e. The molecule has 9 heteroatoms. The number of piperidine rings is 1. The van der Waals surface area contributed by atoms with Crippen molar-refractivity contribution in [1.29, 1.82) is 0 Å². The average molecular weight is 402 g/mol. The molecule has 9 nitrogen and oxygen atoms in total. The van der Waals surface area contributed by atoms with Crippen LogP contribution in [0.25, 0.3) is 0 Å². The van der Waals surface area contributed by atoms with Gasteiger partial charge in [-0.1, -0.05) is 0 Å². The summed E-state index contributed by atoms with van der Waals surface area (Å²) in [6.45, 7) is 1.91. The number of ether oxygens (including phenoxy) is 3. The largest absolute Gasteiger partial charge is 0.493 e. The summed E-state index contributed by atoms with van der Waals surface area (Å²) in [4.78, 5) is 28.1. The van der Waals surface area contributed by atoms with Gasteiger partial charge >= 0.3 is 5.69 Å². The molecule has 1 fully saturated rings. The zero-order chi connectivity index (χ0) is 20.4. The molecular weight excluding hydrogens is 376 g/mol. The van der Waals surface area contributed by atoms with E-state index in [4.69, 9.17) is 14.2 Å². The number of nitrogens with one attached hydrogen (secondary N) is 2. The predicted molar refractivity (Wildman–Crippen MR) is 104 cm³/mol. The first-order valence-electron chi connectivity index (χ1n) is 9.85. The first kappa shape index (κ1) is 19.5. The summed E-state index contributed by atoms with van der Waals surface area (Å²) in [6, 6.07) is 4.07. The van der Waals surface area contributed by atoms with Crippen LogP contribution in [-0.4, -0.2) is 59.9 Å². The lowest BCUT2D eigenvalue weighted by molar-refractivity contribution is -0.140. The summed E-state index contributed by atoms with van der Waals surface area (Å²) < 4.78 is 17.2. The van der Waals surface area contributed by atoms with Gasteiger partial charge in [-0.3, -0.25) is 9.78 Å². The molecule has 0 saturated carbocycles. The van der Waals surface area contributed by atoms with Crippen molar-refractivity contribution >= 4 is 5.91 Å². The fraction of sp³-hybridized carbons (Fsp3) is 0.550. The van der Waals surface area contributed by atoms with E-state index in [0.29, 0.717) is 44.1 Å². The van der Waals surface area contributed by atoms with Crippen molar-refractivity contribution in [3.8, 4) is 11.5 Å². The highest BCUT2D eigenvalue weighted by Gasteiger charge is 2.42. The van der Waals surface area contributed by atoms with E-state index in [1.54, 1.807) is 14.2 Å². The molecule has 29 heavy (non-hydrogen) atoms. The normalized spacial score (nSPS) is 17.8. The van der Waals surface area contributed by atoms with Gasteiger partial charge in [-0.25, -0.2) is 9.89 Å². The standard InChI is InChI=1S/C20H26N4O5/c1-27-15-11-13-5-10-29-20(14(13)12-16(15)28-2)6-8-24(9-7-20)18(25)4-3-17-21-19(26)23-22-17/h11-12H,3-10H2,1-2H3,(H2,21,22,23,26). The second kappa shape index (κ2) is 7.90. The minimum atomic E-state index is -0.392. The van der Waals surface area contributed by atoms with Gasteiger partial charge < -0.3 is 19.1 Å². The van der Waals surface area contributed by atoms with E-state index < -0.39 is 5.60 Å². The van der Waals surface area contributed by atoms with Crippen molar-refractivity contribution in [2.45, 2.75) is 37.7 Å². The lowest BCUT2D eigenvalue weighted by Gasteiger charge is -2.45. The Morgan fingerprint density at radius 3 is 2.62 bits per heavy atom. The SMILES string of the molecule is COc1cc2c(cc1OC)C1(CCN(C(=O)CCc3n[nH]c(=O)[nH]3)CC1)OCC2. The number of amides is 1. The number of carbonyl (C=O) groups excluding carboxylic acids is 1. The van der Waals surface area contributed by atoms with Gasteiger partial charge in [0.1, 0.15) is 5.82 Å². The molecule has 2 aliphatic heterocycles. The van der Waals surface area contributed by atoms with Crippen molar-refractivity contribution in [1.82, 2.24) is 20.1 Å². The fourth-order valence-electron chi connectivity index (χ4n) is 4.32. The topological polar surface area (TPSA) is 110 Å². The van der Waals surface area contributed by atoms with Crippen LogP contribution < -0.4 is 15.2 Å². The summed E-state index contributed by atoms with van der Waals surface area (Å²) in [5, 5.41) is 6.17. The molecule has 3 heterocycles. The van der Waals surface area contributed by atoms with Crippen LogP contribution in [0.4, 0.5) is 0 Å². The number of aromatic amines is 2. The van der Waals surface area contributed by atoms with E-state index in [1.165, 1.54) is 5.56 Å². The maximum absolute atomic E-state index is 12.6. The van der Waals surface area contributed by atoms with Crippen molar-refractivity contribution in [2.75, 3.05) is 33.9 Å². The molecule has 0 bridgehead atoms. The molecule has 1 aromatic carbocycles. The number of carbonyl (C=O) groups is 1. The van der Waals surface area contributed by atoms with Crippen LogP contribution >= 0.6 is 0 Å². The van der Waals surface area contributed by atoms with E-state index >= 15 is 0 Å². The zero-order valence-corrected chi connectivity index (χ0v) is 16.7. The Morgan fingerprint density at radius 2 is 1.97 bits per heavy atom. The molecule has 0 aliphatic carbocycles. The molecule has 1 amide bonds. The Hall–Kier alpha value is -2.81. The molecule has 1 saturated heterocycles. The molecule has 1 aromatic heterocycles. The highest BCUT2D eigenvalue weighted by atomic mass is 16.5. The number of nitrogens with zero attached hydrogens (tertiary/aromatic N) is 2. The number of aryl methyl sites for hydroxylation is 1. The van der Waals surface area contributed by atoms with E-state index in [0.717, 1.165) is 30.6 Å². The Bertz CT molecular complexity index is 943. The number of methoxy groups -OCH3 is 2. The average Bonchev–Trinajstić information content (AvgIpc) is 3.17. The van der Waals surface area contributed by atoms with Crippen LogP contribution in [-0.2, 0) is 28.0 Å². The third-order valence-electron chi connectivity index (χ3n) is 5.90. The van der Waals surface area contributed by atoms with Crippen LogP contribution in [0.15, 0.2) is 16.9 Å². The smallest absolute Gasteiger partial charge is 0.340 e. The summed E-state index contributed by atoms with van der Waals surface area (Å²) in [5.74, 6) is 1.99. The van der Waals surface area contributed by atoms with Crippen molar-refractivity contribution < 1.29 is 19.0 Å². The number of aromatic nitrogens is 3. The third-order valence-corrected chi connectivity index (χ3v) is 5.90. The number of likely N-dealkylation sites (tertiary alicyclic amines) is 1. The fourth-order valence-corrected chi connectivity index (χ4v) is 4.32. The van der Waals surface area contributed by atoms with Crippen molar-refractivity contribution in [2.24, 2.45) is 0 Å². The number of benzene rings is 1. The number of H-pyrrole nitrogens is 2. The van der Waals surface area contributed by atoms with Gasteiger partial charge in [-0.15, -0.1) is 0 Å². The van der Waals surface area contributed by atoms with E-state index in [2.05, 4.69) is 15.2 Å². The van der Waals surface area contributed by atoms with Crippen LogP contribution in [0.1, 0.15) is 36.2 Å². The lowest BCUT2D eigenvalue weighted by atomic mass is 9.79. The maximum atomic E-state index is 12.6. The molecule has 0 atom stereocenters. The highest BCUT2D eigenvalue weighted by Crippen LogP contribution is 2.45. The van der Waals surface area contributed by atoms with Crippen LogP contribution in [0.2, 0.25) is 0 Å². The van der Waals surface area contributed by atoms with Crippen molar-refractivity contribution in [3.63, 3.8) is 0 Å². The van der Waals surface area contributed by atoms with Crippen LogP contribution in [0.5, 0.6) is 11.5 Å². The predicted octanol–water partition coefficient (Wildman–Crippen LogP) is 1.14. The van der Waals surface area contributed by atoms with Gasteiger partial charge in [0, 0.05) is 25.9 Å². The lowest BCUT2D eigenvalue weighted by Crippen LogP contribution is -2.48. The number of fused-ring (bicyclic) bond motifs is 2. The Balaban J connectivity index is 1.45. The number of hydrogen-bond donors (Lipinski definition) is 2. The monoisotopic (exact) mass is 402 g/mol. The minimum absolute atomic E-state index is 0.0621. The first-order valence-corrected chi connectivity index (χ1v) is 9.85. The molecular formula is C20H26N4O5. The van der Waals surface area contributed by atoms with Gasteiger partial charge in [0.15, 0.2) is 11.5 Å². The third kappa shape index (κ3) is 3.74. The van der Waals surface area contributed by atoms with Gasteiger partial charge in [-0.2, -0.15) is 5.10 Å². The highest BCUT2D eigenvalue weighted by molar-refractivity contribution is 5.76. The summed E-state index contributed by atoms with van der Waals surface area (Å²) >= 11 is 0. The van der Waals surface area contributed by atoms with Gasteiger partial charge in [0.05, 0.1) is 26.4 Å². The summed E-state index contributed by atoms with van der Waals surface area (Å²) in [6.07, 6.45) is 3.04. The second-order valence-electron chi connectivity index (χ2n) is 7.46. The Morgan fingerprint density at radius 1 is 1.24 bits per heavy atom. The first-order chi connectivity index (χ1) is 14.0. The van der Waals surface area contributed by atoms with Gasteiger partial charge in [-0.05, 0) is 42.5 Å². The summed E-state index contributed by atoms with van der Waals surface area (Å²) in [5.41, 5.74) is 1.61. The number of rotatable bonds is 5. The molecule has 2 N–H and O–H groups in total. The van der Waals surface area contributed by atoms with E-state index in [1.807, 2.05) is 17.0 Å². The van der Waals surface area contributed by atoms with E-state index in [9.17, 15) is 9.59 Å². The van der Waals surface area contributed by atoms with Crippen LogP contribution in [0.3, 0.4) is 0 Å². The van der Waals surface area contributed by atoms with Gasteiger partial charge in [0.25, 0.3) is 0 Å². The minimum Gasteiger partial charge on any atom is -0.493 e. The quantitative estimate of drug-likeness (QED) is 0.776. The Labute approximate surface area is 168 Å².